The van der Waals surface area contributed by atoms with Crippen LogP contribution in [-0.4, -0.2) is 49.9 Å². The molecule has 1 amide bonds. The molecule has 3 aromatic rings. The van der Waals surface area contributed by atoms with Crippen LogP contribution < -0.4 is 5.32 Å². The molecule has 31 heavy (non-hydrogen) atoms. The molecule has 1 saturated heterocycles. The second-order valence-corrected chi connectivity index (χ2v) is 9.09. The van der Waals surface area contributed by atoms with Crippen LogP contribution in [0.3, 0.4) is 0 Å². The van der Waals surface area contributed by atoms with Gasteiger partial charge in [0, 0.05) is 29.4 Å². The topological polar surface area (TPSA) is 94.8 Å². The van der Waals surface area contributed by atoms with Crippen molar-refractivity contribution in [1.82, 2.24) is 5.32 Å². The van der Waals surface area contributed by atoms with Gasteiger partial charge in [0.2, 0.25) is 0 Å². The van der Waals surface area contributed by atoms with Crippen LogP contribution >= 0.6 is 11.3 Å². The van der Waals surface area contributed by atoms with Crippen LogP contribution in [0.15, 0.2) is 34.9 Å². The third kappa shape index (κ3) is 4.06. The van der Waals surface area contributed by atoms with Crippen molar-refractivity contribution in [2.24, 2.45) is 0 Å². The van der Waals surface area contributed by atoms with Crippen molar-refractivity contribution in [2.75, 3.05) is 26.9 Å². The molecule has 0 saturated carbocycles. The first-order valence-corrected chi connectivity index (χ1v) is 10.7. The zero-order chi connectivity index (χ0) is 22.2. The number of amides is 1. The average molecular weight is 442 g/mol. The first kappa shape index (κ1) is 21.4. The number of Topliss-reactive ketones (excluding diaryl/α,β-unsaturated/α-hetero) is 2. The number of fused-ring (bicyclic) bond motifs is 1. The molecule has 1 aliphatic heterocycles. The van der Waals surface area contributed by atoms with Crippen LogP contribution in [-0.2, 0) is 20.7 Å². The summed E-state index contributed by atoms with van der Waals surface area (Å²) in [6.07, 6.45) is 1.81. The van der Waals surface area contributed by atoms with Crippen molar-refractivity contribution in [3.63, 3.8) is 0 Å². The summed E-state index contributed by atoms with van der Waals surface area (Å²) in [5.74, 6) is -1.45. The fraction of sp³-hybridized carbons (Fsp3) is 0.348. The zero-order valence-electron chi connectivity index (χ0n) is 17.6. The second kappa shape index (κ2) is 8.37. The molecule has 7 nitrogen and oxygen atoms in total. The minimum Gasteiger partial charge on any atom is -0.464 e. The Morgan fingerprint density at radius 3 is 2.65 bits per heavy atom. The summed E-state index contributed by atoms with van der Waals surface area (Å²) in [7, 11) is 1.53. The van der Waals surface area contributed by atoms with E-state index < -0.39 is 17.2 Å². The Labute approximate surface area is 183 Å². The fourth-order valence-corrected chi connectivity index (χ4v) is 5.01. The number of aryl methyl sites for hydroxylation is 1. The first-order valence-electron chi connectivity index (χ1n) is 9.86. The van der Waals surface area contributed by atoms with Crippen LogP contribution in [0.5, 0.6) is 0 Å². The molecular weight excluding hydrogens is 418 g/mol. The summed E-state index contributed by atoms with van der Waals surface area (Å²) in [6, 6.07) is 7.47. The zero-order valence-corrected chi connectivity index (χ0v) is 18.4. The molecule has 8 heteroatoms. The van der Waals surface area contributed by atoms with Crippen molar-refractivity contribution in [3.8, 4) is 0 Å². The molecule has 0 spiro atoms. The standard InChI is InChI=1S/C23H23NO6S/c1-13-19(17(25)9-15-4-5-18-16(8-15)6-7-30-18)14(2)31-21(13)20(26)22(27)24-23(10-28-3)11-29-12-23/h4-8H,9-12H2,1-3H3,(H,24,27). The largest absolute Gasteiger partial charge is 0.464 e. The number of thiophene rings is 1. The Morgan fingerprint density at radius 1 is 1.19 bits per heavy atom. The highest BCUT2D eigenvalue weighted by molar-refractivity contribution is 7.15. The summed E-state index contributed by atoms with van der Waals surface area (Å²) >= 11 is 1.18. The Bertz CT molecular complexity index is 1170. The van der Waals surface area contributed by atoms with Crippen molar-refractivity contribution >= 4 is 39.8 Å². The van der Waals surface area contributed by atoms with Crippen LogP contribution in [0.25, 0.3) is 11.0 Å². The van der Waals surface area contributed by atoms with E-state index in [1.807, 2.05) is 24.3 Å². The van der Waals surface area contributed by atoms with E-state index in [-0.39, 0.29) is 23.7 Å². The smallest absolute Gasteiger partial charge is 0.293 e. The van der Waals surface area contributed by atoms with E-state index in [4.69, 9.17) is 13.9 Å². The number of hydrogen-bond acceptors (Lipinski definition) is 7. The molecular formula is C23H23NO6S. The van der Waals surface area contributed by atoms with E-state index in [2.05, 4.69) is 5.32 Å². The number of ether oxygens (including phenoxy) is 2. The van der Waals surface area contributed by atoms with Crippen molar-refractivity contribution in [1.29, 1.82) is 0 Å². The monoisotopic (exact) mass is 441 g/mol. The normalized spacial score (nSPS) is 14.9. The predicted octanol–water partition coefficient (Wildman–Crippen LogP) is 3.25. The van der Waals surface area contributed by atoms with Crippen LogP contribution in [0.4, 0.5) is 0 Å². The molecule has 0 aliphatic carbocycles. The SMILES string of the molecule is COCC1(NC(=O)C(=O)c2sc(C)c(C(=O)Cc3ccc4occc4c3)c2C)COC1. The number of methoxy groups -OCH3 is 1. The highest BCUT2D eigenvalue weighted by Gasteiger charge is 2.42. The van der Waals surface area contributed by atoms with Crippen LogP contribution in [0.1, 0.15) is 36.0 Å². The lowest BCUT2D eigenvalue weighted by Gasteiger charge is -2.41. The number of nitrogens with one attached hydrogen (secondary N) is 1. The van der Waals surface area contributed by atoms with E-state index in [1.54, 1.807) is 20.1 Å². The van der Waals surface area contributed by atoms with E-state index >= 15 is 0 Å². The lowest BCUT2D eigenvalue weighted by Crippen LogP contribution is -2.65. The summed E-state index contributed by atoms with van der Waals surface area (Å²) in [4.78, 5) is 39.5. The van der Waals surface area contributed by atoms with Gasteiger partial charge >= 0.3 is 0 Å². The number of furan rings is 1. The number of rotatable bonds is 8. The lowest BCUT2D eigenvalue weighted by atomic mass is 9.97. The second-order valence-electron chi connectivity index (χ2n) is 7.87. The van der Waals surface area contributed by atoms with Gasteiger partial charge in [-0.15, -0.1) is 11.3 Å². The summed E-state index contributed by atoms with van der Waals surface area (Å²) in [5, 5.41) is 3.67. The Morgan fingerprint density at radius 2 is 1.97 bits per heavy atom. The molecule has 4 rings (SSSR count). The van der Waals surface area contributed by atoms with Crippen LogP contribution in [0.2, 0.25) is 0 Å². The van der Waals surface area contributed by atoms with Crippen LogP contribution in [0, 0.1) is 13.8 Å². The quantitative estimate of drug-likeness (QED) is 0.426. The van der Waals surface area contributed by atoms with Gasteiger partial charge in [0.1, 0.15) is 11.1 Å². The average Bonchev–Trinajstić information content (AvgIpc) is 3.29. The number of ketones is 2. The van der Waals surface area contributed by atoms with E-state index in [9.17, 15) is 14.4 Å². The van der Waals surface area contributed by atoms with Crippen molar-refractivity contribution in [3.05, 3.63) is 57.0 Å². The molecule has 2 aromatic heterocycles. The highest BCUT2D eigenvalue weighted by Crippen LogP contribution is 2.30. The number of carbonyl (C=O) groups excluding carboxylic acids is 3. The molecule has 3 heterocycles. The number of benzene rings is 1. The van der Waals surface area contributed by atoms with Gasteiger partial charge in [0.25, 0.3) is 11.7 Å². The van der Waals surface area contributed by atoms with Gasteiger partial charge in [-0.1, -0.05) is 6.07 Å². The first-order chi connectivity index (χ1) is 14.8. The third-order valence-electron chi connectivity index (χ3n) is 5.45. The highest BCUT2D eigenvalue weighted by atomic mass is 32.1. The van der Waals surface area contributed by atoms with Gasteiger partial charge < -0.3 is 19.2 Å². The minimum atomic E-state index is -0.714. The van der Waals surface area contributed by atoms with Crippen molar-refractivity contribution in [2.45, 2.75) is 25.8 Å². The molecule has 1 N–H and O–H groups in total. The third-order valence-corrected chi connectivity index (χ3v) is 6.66. The minimum absolute atomic E-state index is 0.0863. The van der Waals surface area contributed by atoms with Gasteiger partial charge in [-0.25, -0.2) is 0 Å². The fourth-order valence-electron chi connectivity index (χ4n) is 3.90. The molecule has 0 bridgehead atoms. The predicted molar refractivity (Wildman–Crippen MR) is 116 cm³/mol. The molecule has 0 unspecified atom stereocenters. The van der Waals surface area contributed by atoms with Gasteiger partial charge in [-0.2, -0.15) is 0 Å². The Balaban J connectivity index is 1.52. The maximum atomic E-state index is 13.0. The van der Waals surface area contributed by atoms with Gasteiger partial charge in [-0.3, -0.25) is 14.4 Å². The molecule has 1 aromatic carbocycles. The Hall–Kier alpha value is -2.81. The lowest BCUT2D eigenvalue weighted by molar-refractivity contribution is -0.135. The maximum absolute atomic E-state index is 13.0. The molecule has 1 fully saturated rings. The molecule has 1 aliphatic rings. The van der Waals surface area contributed by atoms with Gasteiger partial charge in [-0.05, 0) is 43.2 Å². The molecule has 0 atom stereocenters. The van der Waals surface area contributed by atoms with E-state index in [1.165, 1.54) is 18.4 Å². The van der Waals surface area contributed by atoms with Gasteiger partial charge in [0.05, 0.1) is 31.0 Å². The summed E-state index contributed by atoms with van der Waals surface area (Å²) in [6.45, 7) is 4.37. The van der Waals surface area contributed by atoms with E-state index in [0.717, 1.165) is 21.4 Å². The number of carbonyl (C=O) groups is 3. The maximum Gasteiger partial charge on any atom is 0.293 e. The summed E-state index contributed by atoms with van der Waals surface area (Å²) < 4.78 is 15.7. The Kier molecular flexibility index (Phi) is 5.79. The van der Waals surface area contributed by atoms with Gasteiger partial charge in [0.15, 0.2) is 5.78 Å². The molecule has 0 radical (unpaired) electrons. The van der Waals surface area contributed by atoms with Crippen molar-refractivity contribution < 1.29 is 28.3 Å². The molecule has 162 valence electrons. The van der Waals surface area contributed by atoms with E-state index in [0.29, 0.717) is 24.3 Å². The summed E-state index contributed by atoms with van der Waals surface area (Å²) in [5.41, 5.74) is 2.00. The number of hydrogen-bond donors (Lipinski definition) is 1.